The molecule has 182 valence electrons. The van der Waals surface area contributed by atoms with Gasteiger partial charge in [0, 0.05) is 30.3 Å². The quantitative estimate of drug-likeness (QED) is 0.352. The van der Waals surface area contributed by atoms with E-state index < -0.39 is 5.82 Å². The number of rotatable bonds is 10. The van der Waals surface area contributed by atoms with Gasteiger partial charge in [-0.3, -0.25) is 9.59 Å². The Hall–Kier alpha value is -4.05. The summed E-state index contributed by atoms with van der Waals surface area (Å²) in [5.41, 5.74) is 2.25. The Morgan fingerprint density at radius 2 is 1.74 bits per heavy atom. The Kier molecular flexibility index (Phi) is 7.51. The number of hydrogen-bond donors (Lipinski definition) is 4. The molecule has 35 heavy (non-hydrogen) atoms. The molecule has 1 aliphatic carbocycles. The normalized spacial score (nSPS) is 12.8. The van der Waals surface area contributed by atoms with Crippen molar-refractivity contribution in [2.45, 2.75) is 12.8 Å². The molecular formula is C25H28FN7O2. The van der Waals surface area contributed by atoms with Gasteiger partial charge in [-0.15, -0.1) is 0 Å². The average molecular weight is 478 g/mol. The summed E-state index contributed by atoms with van der Waals surface area (Å²) in [6, 6.07) is 13.9. The molecule has 10 heteroatoms. The van der Waals surface area contributed by atoms with E-state index in [9.17, 15) is 14.0 Å². The summed E-state index contributed by atoms with van der Waals surface area (Å²) >= 11 is 0. The lowest BCUT2D eigenvalue weighted by Gasteiger charge is -2.14. The van der Waals surface area contributed by atoms with Gasteiger partial charge in [0.25, 0.3) is 5.91 Å². The number of amides is 2. The van der Waals surface area contributed by atoms with E-state index >= 15 is 0 Å². The van der Waals surface area contributed by atoms with Crippen LogP contribution in [0.25, 0.3) is 0 Å². The second-order valence-corrected chi connectivity index (χ2v) is 8.59. The molecule has 4 rings (SSSR count). The Morgan fingerprint density at radius 1 is 1.03 bits per heavy atom. The smallest absolute Gasteiger partial charge is 0.251 e. The molecule has 1 heterocycles. The van der Waals surface area contributed by atoms with Crippen LogP contribution in [-0.4, -0.2) is 53.9 Å². The lowest BCUT2D eigenvalue weighted by Crippen LogP contribution is -2.31. The minimum absolute atomic E-state index is 0.0347. The molecule has 0 radical (unpaired) electrons. The van der Waals surface area contributed by atoms with E-state index in [0.717, 1.165) is 25.6 Å². The number of nitrogens with zero attached hydrogens (tertiary/aromatic N) is 3. The minimum atomic E-state index is -0.636. The van der Waals surface area contributed by atoms with Gasteiger partial charge in [-0.05, 0) is 63.3 Å². The summed E-state index contributed by atoms with van der Waals surface area (Å²) in [5.74, 6) is -0.646. The molecule has 9 nitrogen and oxygen atoms in total. The predicted octanol–water partition coefficient (Wildman–Crippen LogP) is 3.74. The summed E-state index contributed by atoms with van der Waals surface area (Å²) in [7, 11) is 3.88. The van der Waals surface area contributed by atoms with Crippen molar-refractivity contribution in [3.63, 3.8) is 0 Å². The third-order valence-corrected chi connectivity index (χ3v) is 5.38. The number of para-hydroxylation sites is 2. The summed E-state index contributed by atoms with van der Waals surface area (Å²) in [6.07, 6.45) is 2.84. The SMILES string of the molecule is CN(C)CCNC(=O)c1ccc(Nc2ncc(F)c(Nc3ccccc3NC(=O)C3CC3)n2)cc1. The first-order valence-corrected chi connectivity index (χ1v) is 11.4. The highest BCUT2D eigenvalue weighted by Gasteiger charge is 2.30. The maximum atomic E-state index is 14.5. The molecule has 0 unspecified atom stereocenters. The van der Waals surface area contributed by atoms with Crippen LogP contribution < -0.4 is 21.3 Å². The number of aromatic nitrogens is 2. The zero-order chi connectivity index (χ0) is 24.8. The lowest BCUT2D eigenvalue weighted by molar-refractivity contribution is -0.117. The van der Waals surface area contributed by atoms with E-state index in [2.05, 4.69) is 31.2 Å². The first-order valence-electron chi connectivity index (χ1n) is 11.4. The van der Waals surface area contributed by atoms with E-state index in [1.54, 1.807) is 48.5 Å². The van der Waals surface area contributed by atoms with E-state index in [-0.39, 0.29) is 29.5 Å². The van der Waals surface area contributed by atoms with Crippen molar-refractivity contribution in [2.75, 3.05) is 43.1 Å². The summed E-state index contributed by atoms with van der Waals surface area (Å²) in [4.78, 5) is 34.6. The van der Waals surface area contributed by atoms with Gasteiger partial charge in [-0.2, -0.15) is 4.98 Å². The third kappa shape index (κ3) is 6.73. The second-order valence-electron chi connectivity index (χ2n) is 8.59. The summed E-state index contributed by atoms with van der Waals surface area (Å²) < 4.78 is 14.5. The fourth-order valence-electron chi connectivity index (χ4n) is 3.25. The maximum absolute atomic E-state index is 14.5. The molecule has 0 atom stereocenters. The van der Waals surface area contributed by atoms with Crippen molar-refractivity contribution >= 4 is 40.6 Å². The molecule has 1 aliphatic rings. The van der Waals surface area contributed by atoms with Crippen LogP contribution in [0.15, 0.2) is 54.7 Å². The molecule has 4 N–H and O–H groups in total. The van der Waals surface area contributed by atoms with Crippen molar-refractivity contribution < 1.29 is 14.0 Å². The lowest BCUT2D eigenvalue weighted by atomic mass is 10.2. The van der Waals surface area contributed by atoms with E-state index in [1.807, 2.05) is 19.0 Å². The van der Waals surface area contributed by atoms with Gasteiger partial charge >= 0.3 is 0 Å². The van der Waals surface area contributed by atoms with Gasteiger partial charge in [0.05, 0.1) is 17.6 Å². The standard InChI is InChI=1S/C25H28FN7O2/c1-33(2)14-13-27-23(34)16-9-11-18(12-10-16)29-25-28-15-19(26)22(32-25)30-20-5-3-4-6-21(20)31-24(35)17-7-8-17/h3-6,9-12,15,17H,7-8,13-14H2,1-2H3,(H,27,34)(H,31,35)(H2,28,29,30,32). The van der Waals surface area contributed by atoms with Crippen LogP contribution in [0.1, 0.15) is 23.2 Å². The van der Waals surface area contributed by atoms with Crippen LogP contribution in [0, 0.1) is 11.7 Å². The van der Waals surface area contributed by atoms with Crippen molar-refractivity contribution in [3.05, 3.63) is 66.1 Å². The highest BCUT2D eigenvalue weighted by atomic mass is 19.1. The first kappa shape index (κ1) is 24.1. The fourth-order valence-corrected chi connectivity index (χ4v) is 3.25. The molecule has 1 saturated carbocycles. The second kappa shape index (κ2) is 10.9. The minimum Gasteiger partial charge on any atom is -0.351 e. The number of anilines is 5. The molecule has 2 aromatic carbocycles. The van der Waals surface area contributed by atoms with Crippen LogP contribution in [0.5, 0.6) is 0 Å². The number of halogens is 1. The highest BCUT2D eigenvalue weighted by molar-refractivity contribution is 5.97. The number of hydrogen-bond acceptors (Lipinski definition) is 7. The molecule has 0 aliphatic heterocycles. The average Bonchev–Trinajstić information content (AvgIpc) is 3.68. The van der Waals surface area contributed by atoms with Gasteiger partial charge in [-0.1, -0.05) is 12.1 Å². The van der Waals surface area contributed by atoms with Gasteiger partial charge in [-0.25, -0.2) is 9.37 Å². The molecular weight excluding hydrogens is 449 g/mol. The van der Waals surface area contributed by atoms with Crippen LogP contribution in [0.2, 0.25) is 0 Å². The largest absolute Gasteiger partial charge is 0.351 e. The Balaban J connectivity index is 1.42. The van der Waals surface area contributed by atoms with E-state index in [0.29, 0.717) is 29.2 Å². The zero-order valence-electron chi connectivity index (χ0n) is 19.6. The molecule has 3 aromatic rings. The molecule has 0 bridgehead atoms. The number of carbonyl (C=O) groups is 2. The Morgan fingerprint density at radius 3 is 2.43 bits per heavy atom. The molecule has 0 saturated heterocycles. The Labute approximate surface area is 203 Å². The maximum Gasteiger partial charge on any atom is 0.251 e. The van der Waals surface area contributed by atoms with Gasteiger partial charge in [0.2, 0.25) is 11.9 Å². The van der Waals surface area contributed by atoms with Gasteiger partial charge in [0.15, 0.2) is 11.6 Å². The van der Waals surface area contributed by atoms with Crippen LogP contribution >= 0.6 is 0 Å². The van der Waals surface area contributed by atoms with Crippen molar-refractivity contribution in [2.24, 2.45) is 5.92 Å². The molecule has 2 amide bonds. The summed E-state index contributed by atoms with van der Waals surface area (Å²) in [5, 5.41) is 11.7. The van der Waals surface area contributed by atoms with Crippen LogP contribution in [0.3, 0.4) is 0 Å². The Bertz CT molecular complexity index is 1200. The van der Waals surface area contributed by atoms with Crippen molar-refractivity contribution in [3.8, 4) is 0 Å². The van der Waals surface area contributed by atoms with Gasteiger partial charge < -0.3 is 26.2 Å². The highest BCUT2D eigenvalue weighted by Crippen LogP contribution is 2.32. The van der Waals surface area contributed by atoms with Crippen molar-refractivity contribution in [1.82, 2.24) is 20.2 Å². The van der Waals surface area contributed by atoms with E-state index in [4.69, 9.17) is 0 Å². The third-order valence-electron chi connectivity index (χ3n) is 5.38. The van der Waals surface area contributed by atoms with E-state index in [1.165, 1.54) is 0 Å². The number of benzene rings is 2. The van der Waals surface area contributed by atoms with Crippen LogP contribution in [0.4, 0.5) is 33.2 Å². The first-order chi connectivity index (χ1) is 16.9. The number of likely N-dealkylation sites (N-methyl/N-ethyl adjacent to an activating group) is 1. The molecule has 1 aromatic heterocycles. The topological polar surface area (TPSA) is 111 Å². The number of carbonyl (C=O) groups excluding carboxylic acids is 2. The molecule has 1 fully saturated rings. The number of nitrogens with one attached hydrogen (secondary N) is 4. The van der Waals surface area contributed by atoms with Gasteiger partial charge in [0.1, 0.15) is 0 Å². The predicted molar refractivity (Wildman–Crippen MR) is 134 cm³/mol. The zero-order valence-corrected chi connectivity index (χ0v) is 19.6. The summed E-state index contributed by atoms with van der Waals surface area (Å²) in [6.45, 7) is 1.30. The fraction of sp³-hybridized carbons (Fsp3) is 0.280. The van der Waals surface area contributed by atoms with Crippen LogP contribution in [-0.2, 0) is 4.79 Å². The van der Waals surface area contributed by atoms with Crippen molar-refractivity contribution in [1.29, 1.82) is 0 Å². The molecule has 0 spiro atoms. The monoisotopic (exact) mass is 477 g/mol.